The van der Waals surface area contributed by atoms with Crippen LogP contribution in [-0.4, -0.2) is 40.0 Å². The molecule has 0 radical (unpaired) electrons. The number of fused-ring (bicyclic) bond motifs is 1. The molecule has 1 atom stereocenters. The van der Waals surface area contributed by atoms with Gasteiger partial charge in [-0.25, -0.2) is 14.4 Å². The van der Waals surface area contributed by atoms with Crippen LogP contribution < -0.4 is 5.32 Å². The molecule has 0 saturated heterocycles. The normalized spacial score (nSPS) is 12.0. The Bertz CT molecular complexity index is 1600. The number of H-pyrrole nitrogens is 1. The van der Waals surface area contributed by atoms with Crippen molar-refractivity contribution in [3.8, 4) is 23.1 Å². The molecular formula is C24H20FN9O. The van der Waals surface area contributed by atoms with Gasteiger partial charge in [0.15, 0.2) is 11.5 Å². The summed E-state index contributed by atoms with van der Waals surface area (Å²) in [5.74, 6) is 0.359. The lowest BCUT2D eigenvalue weighted by Gasteiger charge is -2.14. The molecule has 35 heavy (non-hydrogen) atoms. The number of rotatable bonds is 5. The zero-order chi connectivity index (χ0) is 24.7. The molecular weight excluding hydrogens is 449 g/mol. The highest BCUT2D eigenvalue weighted by molar-refractivity contribution is 5.82. The number of aliphatic hydroxyl groups excluding tert-OH is 1. The monoisotopic (exact) mass is 469 g/mol. The maximum absolute atomic E-state index is 15.0. The van der Waals surface area contributed by atoms with Crippen molar-refractivity contribution in [3.63, 3.8) is 0 Å². The Kier molecular flexibility index (Phi) is 5.43. The average molecular weight is 469 g/mol. The van der Waals surface area contributed by atoms with Crippen LogP contribution in [0.2, 0.25) is 0 Å². The second kappa shape index (κ2) is 8.58. The number of nitrogens with zero attached hydrogens (tertiary/aromatic N) is 7. The fraction of sp³-hybridized carbons (Fsp3) is 0.167. The highest BCUT2D eigenvalue weighted by Crippen LogP contribution is 2.32. The van der Waals surface area contributed by atoms with Crippen molar-refractivity contribution in [1.82, 2.24) is 34.9 Å². The molecule has 0 spiro atoms. The van der Waals surface area contributed by atoms with Crippen LogP contribution in [0.3, 0.4) is 0 Å². The predicted molar refractivity (Wildman–Crippen MR) is 127 cm³/mol. The first-order valence-corrected chi connectivity index (χ1v) is 10.7. The van der Waals surface area contributed by atoms with E-state index >= 15 is 4.39 Å². The zero-order valence-corrected chi connectivity index (χ0v) is 19.1. The second-order valence-corrected chi connectivity index (χ2v) is 8.09. The number of nitriles is 1. The zero-order valence-electron chi connectivity index (χ0n) is 19.1. The van der Waals surface area contributed by atoms with Crippen molar-refractivity contribution in [2.24, 2.45) is 0 Å². The van der Waals surface area contributed by atoms with Crippen molar-refractivity contribution in [1.29, 1.82) is 5.26 Å². The van der Waals surface area contributed by atoms with Crippen molar-refractivity contribution >= 4 is 22.5 Å². The SMILES string of the molecule is Cc1ccc(Nc2cc3ncn(-c4ccc([C@H](C)O)c(-c5c(C#N)n[nH]c5C)n4)c3cc2F)nn1. The number of nitrogens with one attached hydrogen (secondary N) is 2. The van der Waals surface area contributed by atoms with Crippen molar-refractivity contribution in [3.05, 3.63) is 71.2 Å². The van der Waals surface area contributed by atoms with Crippen LogP contribution in [0.1, 0.15) is 35.7 Å². The van der Waals surface area contributed by atoms with E-state index in [0.29, 0.717) is 45.2 Å². The summed E-state index contributed by atoms with van der Waals surface area (Å²) in [6.07, 6.45) is 0.712. The van der Waals surface area contributed by atoms with Crippen molar-refractivity contribution in [2.45, 2.75) is 26.9 Å². The second-order valence-electron chi connectivity index (χ2n) is 8.09. The number of aromatic amines is 1. The van der Waals surface area contributed by atoms with E-state index in [2.05, 4.69) is 36.8 Å². The molecule has 3 N–H and O–H groups in total. The number of aromatic nitrogens is 7. The van der Waals surface area contributed by atoms with E-state index in [1.807, 2.05) is 6.92 Å². The first-order valence-electron chi connectivity index (χ1n) is 10.7. The third kappa shape index (κ3) is 3.96. The summed E-state index contributed by atoms with van der Waals surface area (Å²) in [7, 11) is 0. The van der Waals surface area contributed by atoms with E-state index in [9.17, 15) is 10.4 Å². The van der Waals surface area contributed by atoms with E-state index in [4.69, 9.17) is 4.98 Å². The maximum Gasteiger partial charge on any atom is 0.171 e. The molecule has 0 aliphatic heterocycles. The Hall–Kier alpha value is -4.69. The van der Waals surface area contributed by atoms with Gasteiger partial charge in [-0.15, -0.1) is 5.10 Å². The summed E-state index contributed by atoms with van der Waals surface area (Å²) < 4.78 is 16.7. The molecule has 4 heterocycles. The number of imidazole rings is 1. The maximum atomic E-state index is 15.0. The lowest BCUT2D eigenvalue weighted by Crippen LogP contribution is -2.04. The van der Waals surface area contributed by atoms with Gasteiger partial charge in [0.05, 0.1) is 39.8 Å². The molecule has 4 aromatic heterocycles. The molecule has 0 amide bonds. The van der Waals surface area contributed by atoms with Crippen LogP contribution in [0.5, 0.6) is 0 Å². The molecule has 5 rings (SSSR count). The third-order valence-corrected chi connectivity index (χ3v) is 5.60. The van der Waals surface area contributed by atoms with Crippen LogP contribution in [0.4, 0.5) is 15.9 Å². The van der Waals surface area contributed by atoms with Gasteiger partial charge < -0.3 is 10.4 Å². The first kappa shape index (κ1) is 22.1. The van der Waals surface area contributed by atoms with Gasteiger partial charge in [-0.05, 0) is 45.0 Å². The smallest absolute Gasteiger partial charge is 0.171 e. The van der Waals surface area contributed by atoms with E-state index in [1.165, 1.54) is 6.07 Å². The highest BCUT2D eigenvalue weighted by Gasteiger charge is 2.21. The molecule has 174 valence electrons. The minimum Gasteiger partial charge on any atom is -0.389 e. The largest absolute Gasteiger partial charge is 0.389 e. The number of aryl methyl sites for hydroxylation is 2. The van der Waals surface area contributed by atoms with Crippen molar-refractivity contribution < 1.29 is 9.50 Å². The van der Waals surface area contributed by atoms with Gasteiger partial charge >= 0.3 is 0 Å². The first-order chi connectivity index (χ1) is 16.9. The number of anilines is 2. The van der Waals surface area contributed by atoms with Crippen LogP contribution in [0.25, 0.3) is 28.1 Å². The number of hydrogen-bond acceptors (Lipinski definition) is 8. The van der Waals surface area contributed by atoms with E-state index in [-0.39, 0.29) is 11.4 Å². The standard InChI is InChI=1S/C24H20FN9O/c1-12-4-6-21(33-30-12)28-17-9-18-20(8-16(17)25)34(11-27-18)22-7-5-15(14(3)35)24(29-22)23-13(2)31-32-19(23)10-26/h4-9,11,14,35H,1-3H3,(H,28,33)(H,31,32)/t14-/m0/s1. The number of aliphatic hydroxyl groups is 1. The Morgan fingerprint density at radius 2 is 2.00 bits per heavy atom. The number of pyridine rings is 1. The molecule has 5 aromatic rings. The molecule has 0 aliphatic carbocycles. The van der Waals surface area contributed by atoms with Crippen LogP contribution in [0.15, 0.2) is 42.7 Å². The molecule has 0 bridgehead atoms. The molecule has 0 unspecified atom stereocenters. The summed E-state index contributed by atoms with van der Waals surface area (Å²) in [4.78, 5) is 9.14. The Labute approximate surface area is 199 Å². The third-order valence-electron chi connectivity index (χ3n) is 5.60. The molecule has 1 aromatic carbocycles. The minimum atomic E-state index is -0.831. The Morgan fingerprint density at radius 1 is 1.17 bits per heavy atom. The summed E-state index contributed by atoms with van der Waals surface area (Å²) >= 11 is 0. The summed E-state index contributed by atoms with van der Waals surface area (Å²) in [6.45, 7) is 5.22. The lowest BCUT2D eigenvalue weighted by molar-refractivity contribution is 0.199. The molecule has 0 fully saturated rings. The predicted octanol–water partition coefficient (Wildman–Crippen LogP) is 4.03. The van der Waals surface area contributed by atoms with Crippen LogP contribution in [0, 0.1) is 31.0 Å². The van der Waals surface area contributed by atoms with Crippen LogP contribution >= 0.6 is 0 Å². The molecule has 0 saturated carbocycles. The molecule has 0 aliphatic rings. The lowest BCUT2D eigenvalue weighted by atomic mass is 10.0. The van der Waals surface area contributed by atoms with Crippen LogP contribution in [-0.2, 0) is 0 Å². The van der Waals surface area contributed by atoms with Gasteiger partial charge in [0.2, 0.25) is 0 Å². The summed E-state index contributed by atoms with van der Waals surface area (Å²) in [5, 5.41) is 37.5. The van der Waals surface area contributed by atoms with Gasteiger partial charge in [0, 0.05) is 17.3 Å². The van der Waals surface area contributed by atoms with E-state index in [0.717, 1.165) is 5.69 Å². The quantitative estimate of drug-likeness (QED) is 0.350. The van der Waals surface area contributed by atoms with E-state index in [1.54, 1.807) is 55.1 Å². The Morgan fingerprint density at radius 3 is 2.71 bits per heavy atom. The topological polar surface area (TPSA) is 141 Å². The fourth-order valence-corrected chi connectivity index (χ4v) is 3.84. The van der Waals surface area contributed by atoms with Gasteiger partial charge in [0.1, 0.15) is 24.0 Å². The highest BCUT2D eigenvalue weighted by atomic mass is 19.1. The van der Waals surface area contributed by atoms with E-state index < -0.39 is 11.9 Å². The van der Waals surface area contributed by atoms with Gasteiger partial charge in [0.25, 0.3) is 0 Å². The summed E-state index contributed by atoms with van der Waals surface area (Å²) in [5.41, 5.74) is 4.28. The molecule has 10 nitrogen and oxygen atoms in total. The fourth-order valence-electron chi connectivity index (χ4n) is 3.84. The van der Waals surface area contributed by atoms with Crippen molar-refractivity contribution in [2.75, 3.05) is 5.32 Å². The minimum absolute atomic E-state index is 0.172. The number of halogens is 1. The molecule has 11 heteroatoms. The number of hydrogen-bond donors (Lipinski definition) is 3. The average Bonchev–Trinajstić information content (AvgIpc) is 3.42. The van der Waals surface area contributed by atoms with Gasteiger partial charge in [-0.2, -0.15) is 15.5 Å². The number of benzene rings is 1. The van der Waals surface area contributed by atoms with Gasteiger partial charge in [-0.3, -0.25) is 9.67 Å². The van der Waals surface area contributed by atoms with Gasteiger partial charge in [-0.1, -0.05) is 6.07 Å². The Balaban J connectivity index is 1.60. The summed E-state index contributed by atoms with van der Waals surface area (Å²) in [6, 6.07) is 11.9.